The molecule has 8 heteroatoms. The second-order valence-corrected chi connectivity index (χ2v) is 9.58. The highest BCUT2D eigenvalue weighted by Gasteiger charge is 2.50. The molecule has 0 saturated carbocycles. The van der Waals surface area contributed by atoms with E-state index in [1.54, 1.807) is 0 Å². The van der Waals surface area contributed by atoms with Gasteiger partial charge in [-0.05, 0) is 11.8 Å². The van der Waals surface area contributed by atoms with Crippen LogP contribution in [0.3, 0.4) is 0 Å². The maximum atomic E-state index is 9.67. The summed E-state index contributed by atoms with van der Waals surface area (Å²) in [5.74, 6) is 0.519. The van der Waals surface area contributed by atoms with Crippen LogP contribution in [0.25, 0.3) is 0 Å². The Kier molecular flexibility index (Phi) is 6.57. The van der Waals surface area contributed by atoms with Gasteiger partial charge in [0.05, 0.1) is 25.4 Å². The van der Waals surface area contributed by atoms with E-state index in [-0.39, 0.29) is 61.0 Å². The normalized spacial score (nSPS) is 49.2. The van der Waals surface area contributed by atoms with Gasteiger partial charge in [-0.3, -0.25) is 0 Å². The van der Waals surface area contributed by atoms with E-state index in [0.717, 1.165) is 5.56 Å². The Labute approximate surface area is 189 Å². The average molecular weight is 451 g/mol. The van der Waals surface area contributed by atoms with Crippen molar-refractivity contribution in [1.82, 2.24) is 0 Å². The van der Waals surface area contributed by atoms with Crippen LogP contribution in [0.4, 0.5) is 0 Å². The summed E-state index contributed by atoms with van der Waals surface area (Å²) in [4.78, 5) is 0. The van der Waals surface area contributed by atoms with E-state index in [4.69, 9.17) is 33.2 Å². The number of ether oxygens (including phenoxy) is 7. The summed E-state index contributed by atoms with van der Waals surface area (Å²) in [5.41, 5.74) is 1.01. The van der Waals surface area contributed by atoms with Gasteiger partial charge in [0, 0.05) is 17.4 Å². The summed E-state index contributed by atoms with van der Waals surface area (Å²) in [6.07, 6.45) is -2.05. The van der Waals surface area contributed by atoms with E-state index in [1.807, 2.05) is 30.3 Å². The third-order valence-corrected chi connectivity index (χ3v) is 7.61. The summed E-state index contributed by atoms with van der Waals surface area (Å²) in [6.45, 7) is 8.00. The van der Waals surface area contributed by atoms with Crippen molar-refractivity contribution < 1.29 is 38.3 Å². The van der Waals surface area contributed by atoms with Crippen molar-refractivity contribution in [3.63, 3.8) is 0 Å². The number of fused-ring (bicyclic) bond motifs is 2. The van der Waals surface area contributed by atoms with Crippen LogP contribution in [0.15, 0.2) is 30.3 Å². The number of hydrogen-bond acceptors (Lipinski definition) is 8. The molecule has 1 N–H and O–H groups in total. The van der Waals surface area contributed by atoms with Crippen LogP contribution in [0, 0.1) is 23.7 Å². The Balaban J connectivity index is 1.24. The molecule has 4 fully saturated rings. The summed E-state index contributed by atoms with van der Waals surface area (Å²) >= 11 is 0. The Hall–Kier alpha value is -1.10. The summed E-state index contributed by atoms with van der Waals surface area (Å²) < 4.78 is 42.0. The quantitative estimate of drug-likeness (QED) is 0.753. The third kappa shape index (κ3) is 4.23. The lowest BCUT2D eigenvalue weighted by Crippen LogP contribution is -2.60. The zero-order valence-corrected chi connectivity index (χ0v) is 19.0. The standard InChI is InChI=1S/C24H34O8/c1-12-14(3)21(28-17-10-26-23(30-19(12)17)16-8-6-5-7-9-16)32-22-15(4)13(2)20-18(29-22)11-27-24(25)31-20/h5-9,12-15,17-25H,10-11H2,1-4H3/t12-,13+,14?,15?,17?,18?,19+,20-,21+,22-,23?,24?/m1/s1. The number of aliphatic hydroxyl groups excluding tert-OH is 1. The number of aliphatic hydroxyl groups is 1. The number of rotatable bonds is 3. The van der Waals surface area contributed by atoms with Gasteiger partial charge in [-0.2, -0.15) is 0 Å². The van der Waals surface area contributed by atoms with Gasteiger partial charge in [0.15, 0.2) is 18.9 Å². The number of hydrogen-bond donors (Lipinski definition) is 1. The lowest BCUT2D eigenvalue weighted by atomic mass is 9.83. The molecule has 8 nitrogen and oxygen atoms in total. The molecule has 4 heterocycles. The third-order valence-electron chi connectivity index (χ3n) is 7.61. The van der Waals surface area contributed by atoms with Gasteiger partial charge < -0.3 is 38.3 Å². The van der Waals surface area contributed by atoms with Gasteiger partial charge in [0.25, 0.3) is 6.48 Å². The highest BCUT2D eigenvalue weighted by molar-refractivity contribution is 5.16. The molecule has 0 aromatic heterocycles. The Morgan fingerprint density at radius 1 is 0.719 bits per heavy atom. The fourth-order valence-corrected chi connectivity index (χ4v) is 5.15. The topological polar surface area (TPSA) is 84.8 Å². The molecular weight excluding hydrogens is 416 g/mol. The van der Waals surface area contributed by atoms with Crippen molar-refractivity contribution in [2.24, 2.45) is 23.7 Å². The molecular formula is C24H34O8. The second kappa shape index (κ2) is 9.27. The van der Waals surface area contributed by atoms with Crippen molar-refractivity contribution in [1.29, 1.82) is 0 Å². The lowest BCUT2D eigenvalue weighted by Gasteiger charge is -2.51. The van der Waals surface area contributed by atoms with Crippen LogP contribution in [0.2, 0.25) is 0 Å². The maximum absolute atomic E-state index is 9.67. The van der Waals surface area contributed by atoms with Crippen LogP contribution in [0.5, 0.6) is 0 Å². The van der Waals surface area contributed by atoms with E-state index >= 15 is 0 Å². The summed E-state index contributed by atoms with van der Waals surface area (Å²) in [7, 11) is 0. The zero-order valence-electron chi connectivity index (χ0n) is 19.0. The van der Waals surface area contributed by atoms with E-state index in [9.17, 15) is 5.11 Å². The highest BCUT2D eigenvalue weighted by atomic mass is 16.8. The smallest absolute Gasteiger partial charge is 0.269 e. The van der Waals surface area contributed by atoms with Crippen LogP contribution in [-0.4, -0.2) is 61.8 Å². The van der Waals surface area contributed by atoms with Crippen LogP contribution in [-0.2, 0) is 33.2 Å². The van der Waals surface area contributed by atoms with E-state index < -0.39 is 19.1 Å². The minimum atomic E-state index is -1.20. The Bertz CT molecular complexity index is 758. The van der Waals surface area contributed by atoms with Gasteiger partial charge >= 0.3 is 0 Å². The number of benzene rings is 1. The zero-order chi connectivity index (χ0) is 22.4. The van der Waals surface area contributed by atoms with E-state index in [2.05, 4.69) is 27.7 Å². The molecule has 4 aliphatic rings. The molecule has 0 bridgehead atoms. The second-order valence-electron chi connectivity index (χ2n) is 9.58. The van der Waals surface area contributed by atoms with Gasteiger partial charge in [0.2, 0.25) is 0 Å². The average Bonchev–Trinajstić information content (AvgIpc) is 2.81. The predicted molar refractivity (Wildman–Crippen MR) is 112 cm³/mol. The molecule has 0 aliphatic carbocycles. The molecule has 1 aromatic rings. The van der Waals surface area contributed by atoms with Gasteiger partial charge in [-0.25, -0.2) is 0 Å². The molecule has 0 spiro atoms. The summed E-state index contributed by atoms with van der Waals surface area (Å²) in [5, 5.41) is 9.67. The van der Waals surface area contributed by atoms with Gasteiger partial charge in [0.1, 0.15) is 12.2 Å². The molecule has 0 radical (unpaired) electrons. The van der Waals surface area contributed by atoms with Crippen LogP contribution < -0.4 is 0 Å². The maximum Gasteiger partial charge on any atom is 0.269 e. The minimum Gasteiger partial charge on any atom is -0.346 e. The van der Waals surface area contributed by atoms with E-state index in [0.29, 0.717) is 6.61 Å². The predicted octanol–water partition coefficient (Wildman–Crippen LogP) is 2.80. The largest absolute Gasteiger partial charge is 0.346 e. The molecule has 4 aliphatic heterocycles. The van der Waals surface area contributed by atoms with Crippen molar-refractivity contribution >= 4 is 0 Å². The first-order valence-corrected chi connectivity index (χ1v) is 11.7. The first kappa shape index (κ1) is 22.7. The molecule has 178 valence electrons. The highest BCUT2D eigenvalue weighted by Crippen LogP contribution is 2.42. The molecule has 5 rings (SSSR count). The molecule has 12 atom stereocenters. The molecule has 6 unspecified atom stereocenters. The van der Waals surface area contributed by atoms with E-state index in [1.165, 1.54) is 0 Å². The molecule has 32 heavy (non-hydrogen) atoms. The SMILES string of the molecule is CC1[C@H](O[C@H]2OC3COC(O)O[C@@H]3[C@@H](C)C2C)OC2COC(c3ccccc3)O[C@H]2[C@@H]1C. The van der Waals surface area contributed by atoms with Crippen LogP contribution >= 0.6 is 0 Å². The fraction of sp³-hybridized carbons (Fsp3) is 0.750. The van der Waals surface area contributed by atoms with Gasteiger partial charge in [-0.1, -0.05) is 58.0 Å². The molecule has 4 saturated heterocycles. The fourth-order valence-electron chi connectivity index (χ4n) is 5.15. The summed E-state index contributed by atoms with van der Waals surface area (Å²) in [6, 6.07) is 9.99. The first-order valence-electron chi connectivity index (χ1n) is 11.7. The van der Waals surface area contributed by atoms with Crippen molar-refractivity contribution in [3.8, 4) is 0 Å². The molecule has 1 aromatic carbocycles. The van der Waals surface area contributed by atoms with Crippen molar-refractivity contribution in [2.75, 3.05) is 13.2 Å². The Morgan fingerprint density at radius 3 is 1.91 bits per heavy atom. The first-order chi connectivity index (χ1) is 15.4. The minimum absolute atomic E-state index is 0.0618. The van der Waals surface area contributed by atoms with Crippen LogP contribution in [0.1, 0.15) is 39.5 Å². The van der Waals surface area contributed by atoms with Crippen molar-refractivity contribution in [2.45, 2.75) is 77.5 Å². The van der Waals surface area contributed by atoms with Crippen molar-refractivity contribution in [3.05, 3.63) is 35.9 Å². The monoisotopic (exact) mass is 450 g/mol. The lowest BCUT2D eigenvalue weighted by molar-refractivity contribution is -0.409. The Morgan fingerprint density at radius 2 is 1.28 bits per heavy atom. The molecule has 0 amide bonds. The van der Waals surface area contributed by atoms with Gasteiger partial charge in [-0.15, -0.1) is 0 Å².